The molecule has 0 bridgehead atoms. The highest BCUT2D eigenvalue weighted by molar-refractivity contribution is 8.13. The summed E-state index contributed by atoms with van der Waals surface area (Å²) in [4.78, 5) is 3.81. The standard InChI is InChI=1S/C8H9ClN2O2S/c1-3-4-5-11-6-8(10-7(11)2)14(9,12)13/h6H,5H2,1-2H3. The van der Waals surface area contributed by atoms with E-state index in [9.17, 15) is 8.42 Å². The predicted molar refractivity (Wildman–Crippen MR) is 53.5 cm³/mol. The van der Waals surface area contributed by atoms with Crippen LogP contribution >= 0.6 is 10.7 Å². The van der Waals surface area contributed by atoms with Gasteiger partial charge in [-0.1, -0.05) is 5.92 Å². The van der Waals surface area contributed by atoms with E-state index in [1.807, 2.05) is 0 Å². The third-order valence-electron chi connectivity index (χ3n) is 1.63. The Labute approximate surface area is 87.3 Å². The van der Waals surface area contributed by atoms with Crippen molar-refractivity contribution in [1.82, 2.24) is 9.55 Å². The van der Waals surface area contributed by atoms with Gasteiger partial charge in [-0.15, -0.1) is 5.92 Å². The highest BCUT2D eigenvalue weighted by Crippen LogP contribution is 2.13. The second-order valence-corrected chi connectivity index (χ2v) is 5.13. The first-order valence-electron chi connectivity index (χ1n) is 3.83. The van der Waals surface area contributed by atoms with Crippen molar-refractivity contribution < 1.29 is 8.42 Å². The number of nitrogens with zero attached hydrogens (tertiary/aromatic N) is 2. The van der Waals surface area contributed by atoms with Gasteiger partial charge in [-0.3, -0.25) is 0 Å². The summed E-state index contributed by atoms with van der Waals surface area (Å²) < 4.78 is 23.5. The van der Waals surface area contributed by atoms with E-state index in [2.05, 4.69) is 16.8 Å². The molecule has 0 unspecified atom stereocenters. The zero-order valence-electron chi connectivity index (χ0n) is 7.78. The SMILES string of the molecule is CC#CCn1cc(S(=O)(=O)Cl)nc1C. The van der Waals surface area contributed by atoms with Crippen LogP contribution in [0.5, 0.6) is 0 Å². The van der Waals surface area contributed by atoms with Crippen molar-refractivity contribution in [1.29, 1.82) is 0 Å². The molecule has 1 rings (SSSR count). The smallest absolute Gasteiger partial charge is 0.280 e. The number of halogens is 1. The molecule has 0 amide bonds. The van der Waals surface area contributed by atoms with Gasteiger partial charge in [0.1, 0.15) is 5.82 Å². The van der Waals surface area contributed by atoms with Crippen molar-refractivity contribution in [2.24, 2.45) is 0 Å². The number of hydrogen-bond acceptors (Lipinski definition) is 3. The molecule has 0 aliphatic rings. The summed E-state index contributed by atoms with van der Waals surface area (Å²) in [6, 6.07) is 0. The van der Waals surface area contributed by atoms with Gasteiger partial charge in [0.05, 0.1) is 6.54 Å². The maximum absolute atomic E-state index is 10.9. The summed E-state index contributed by atoms with van der Waals surface area (Å²) in [6.45, 7) is 3.83. The Balaban J connectivity index is 3.09. The van der Waals surface area contributed by atoms with Gasteiger partial charge < -0.3 is 4.57 Å². The van der Waals surface area contributed by atoms with Crippen molar-refractivity contribution >= 4 is 19.7 Å². The van der Waals surface area contributed by atoms with Gasteiger partial charge in [0, 0.05) is 16.9 Å². The third-order valence-corrected chi connectivity index (χ3v) is 2.80. The predicted octanol–water partition coefficient (Wildman–Crippen LogP) is 1.14. The van der Waals surface area contributed by atoms with E-state index in [4.69, 9.17) is 10.7 Å². The molecule has 0 saturated heterocycles. The summed E-state index contributed by atoms with van der Waals surface area (Å²) in [5, 5.41) is -0.130. The van der Waals surface area contributed by atoms with E-state index >= 15 is 0 Å². The van der Waals surface area contributed by atoms with Crippen molar-refractivity contribution in [2.75, 3.05) is 0 Å². The summed E-state index contributed by atoms with van der Waals surface area (Å²) in [5.41, 5.74) is 0. The highest BCUT2D eigenvalue weighted by Gasteiger charge is 2.15. The molecular weight excluding hydrogens is 224 g/mol. The molecule has 0 aliphatic heterocycles. The molecule has 0 saturated carbocycles. The Bertz CT molecular complexity index is 493. The maximum atomic E-state index is 10.9. The zero-order valence-corrected chi connectivity index (χ0v) is 9.35. The number of hydrogen-bond donors (Lipinski definition) is 0. The Morgan fingerprint density at radius 2 is 2.29 bits per heavy atom. The van der Waals surface area contributed by atoms with Gasteiger partial charge in [-0.2, -0.15) is 0 Å². The second kappa shape index (κ2) is 4.03. The molecule has 6 heteroatoms. The molecule has 0 aromatic carbocycles. The van der Waals surface area contributed by atoms with Crippen LogP contribution in [-0.2, 0) is 15.6 Å². The Morgan fingerprint density at radius 3 is 2.71 bits per heavy atom. The molecule has 76 valence electrons. The van der Waals surface area contributed by atoms with Crippen LogP contribution in [0.3, 0.4) is 0 Å². The number of aromatic nitrogens is 2. The van der Waals surface area contributed by atoms with Gasteiger partial charge in [0.15, 0.2) is 5.03 Å². The molecule has 1 heterocycles. The minimum atomic E-state index is -3.74. The molecular formula is C8H9ClN2O2S. The fraction of sp³-hybridized carbons (Fsp3) is 0.375. The minimum Gasteiger partial charge on any atom is -0.322 e. The van der Waals surface area contributed by atoms with Gasteiger partial charge in [-0.05, 0) is 13.8 Å². The van der Waals surface area contributed by atoms with Gasteiger partial charge in [-0.25, -0.2) is 13.4 Å². The van der Waals surface area contributed by atoms with Gasteiger partial charge in [0.25, 0.3) is 9.05 Å². The molecule has 0 N–H and O–H groups in total. The molecule has 1 aromatic heterocycles. The summed E-state index contributed by atoms with van der Waals surface area (Å²) in [5.74, 6) is 6.09. The molecule has 1 aromatic rings. The molecule has 0 fully saturated rings. The first kappa shape index (κ1) is 11.1. The van der Waals surface area contributed by atoms with E-state index in [0.29, 0.717) is 12.4 Å². The summed E-state index contributed by atoms with van der Waals surface area (Å²) in [6.07, 6.45) is 1.38. The van der Waals surface area contributed by atoms with Crippen LogP contribution in [0.4, 0.5) is 0 Å². The van der Waals surface area contributed by atoms with Crippen LogP contribution < -0.4 is 0 Å². The number of rotatable bonds is 2. The Morgan fingerprint density at radius 1 is 1.64 bits per heavy atom. The van der Waals surface area contributed by atoms with E-state index in [1.54, 1.807) is 18.4 Å². The fourth-order valence-electron chi connectivity index (χ4n) is 0.921. The Hall–Kier alpha value is -0.990. The first-order chi connectivity index (χ1) is 6.45. The third kappa shape index (κ3) is 2.50. The van der Waals surface area contributed by atoms with Gasteiger partial charge in [0.2, 0.25) is 0 Å². The van der Waals surface area contributed by atoms with Crippen LogP contribution in [0, 0.1) is 18.8 Å². The quantitative estimate of drug-likeness (QED) is 0.568. The molecule has 0 atom stereocenters. The summed E-state index contributed by atoms with van der Waals surface area (Å²) in [7, 11) is 1.40. The van der Waals surface area contributed by atoms with Crippen LogP contribution in [0.25, 0.3) is 0 Å². The van der Waals surface area contributed by atoms with Gasteiger partial charge >= 0.3 is 0 Å². The molecule has 0 aliphatic carbocycles. The molecule has 4 nitrogen and oxygen atoms in total. The van der Waals surface area contributed by atoms with Crippen molar-refractivity contribution in [2.45, 2.75) is 25.4 Å². The van der Waals surface area contributed by atoms with E-state index in [1.165, 1.54) is 6.20 Å². The first-order valence-corrected chi connectivity index (χ1v) is 6.14. The van der Waals surface area contributed by atoms with Crippen LogP contribution in [0.2, 0.25) is 0 Å². The molecule has 0 radical (unpaired) electrons. The van der Waals surface area contributed by atoms with E-state index in [0.717, 1.165) is 0 Å². The van der Waals surface area contributed by atoms with Crippen LogP contribution in [-0.4, -0.2) is 18.0 Å². The lowest BCUT2D eigenvalue weighted by Crippen LogP contribution is -1.96. The van der Waals surface area contributed by atoms with Crippen LogP contribution in [0.1, 0.15) is 12.7 Å². The minimum absolute atomic E-state index is 0.130. The normalized spacial score (nSPS) is 10.8. The second-order valence-electron chi connectivity index (χ2n) is 2.62. The van der Waals surface area contributed by atoms with Crippen molar-refractivity contribution in [3.63, 3.8) is 0 Å². The van der Waals surface area contributed by atoms with E-state index in [-0.39, 0.29) is 5.03 Å². The lowest BCUT2D eigenvalue weighted by Gasteiger charge is -1.95. The Kier molecular flexibility index (Phi) is 3.19. The van der Waals surface area contributed by atoms with Crippen molar-refractivity contribution in [3.05, 3.63) is 12.0 Å². The lowest BCUT2D eigenvalue weighted by atomic mass is 10.5. The summed E-state index contributed by atoms with van der Waals surface area (Å²) >= 11 is 0. The van der Waals surface area contributed by atoms with Crippen molar-refractivity contribution in [3.8, 4) is 11.8 Å². The maximum Gasteiger partial charge on any atom is 0.280 e. The average Bonchev–Trinajstić information content (AvgIpc) is 2.43. The average molecular weight is 233 g/mol. The monoisotopic (exact) mass is 232 g/mol. The molecule has 14 heavy (non-hydrogen) atoms. The molecule has 0 spiro atoms. The zero-order chi connectivity index (χ0) is 10.8. The largest absolute Gasteiger partial charge is 0.322 e. The highest BCUT2D eigenvalue weighted by atomic mass is 35.7. The van der Waals surface area contributed by atoms with E-state index < -0.39 is 9.05 Å². The number of imidazole rings is 1. The topological polar surface area (TPSA) is 52.0 Å². The van der Waals surface area contributed by atoms with Crippen LogP contribution in [0.15, 0.2) is 11.2 Å². The lowest BCUT2D eigenvalue weighted by molar-refractivity contribution is 0.606. The fourth-order valence-corrected chi connectivity index (χ4v) is 1.64. The number of aryl methyl sites for hydroxylation is 1.